The van der Waals surface area contributed by atoms with Crippen LogP contribution in [0.15, 0.2) is 88.3 Å². The molecular formula is C28H26N2O6. The summed E-state index contributed by atoms with van der Waals surface area (Å²) in [5, 5.41) is 2.71. The topological polar surface area (TPSA) is 98.1 Å². The van der Waals surface area contributed by atoms with Crippen LogP contribution in [0.1, 0.15) is 23.8 Å². The first-order valence-corrected chi connectivity index (χ1v) is 11.3. The SMILES string of the molecule is COC(=O)C1=C(C)N(c2ccc(C)cc2)/C(=C\c2ccc(OCC(=O)NCc3ccco3)cc2)C1=O. The number of carbonyl (C=O) groups excluding carboxylic acids is 3. The van der Waals surface area contributed by atoms with Crippen LogP contribution in [0.4, 0.5) is 5.69 Å². The highest BCUT2D eigenvalue weighted by molar-refractivity contribution is 6.30. The molecule has 0 radical (unpaired) electrons. The number of methoxy groups -OCH3 is 1. The summed E-state index contributed by atoms with van der Waals surface area (Å²) in [7, 11) is 1.25. The first kappa shape index (κ1) is 24.5. The van der Waals surface area contributed by atoms with Crippen molar-refractivity contribution in [1.82, 2.24) is 5.32 Å². The Balaban J connectivity index is 1.49. The van der Waals surface area contributed by atoms with Gasteiger partial charge < -0.3 is 24.1 Å². The second-order valence-corrected chi connectivity index (χ2v) is 8.20. The van der Waals surface area contributed by atoms with Gasteiger partial charge in [-0.3, -0.25) is 9.59 Å². The molecule has 0 saturated carbocycles. The summed E-state index contributed by atoms with van der Waals surface area (Å²) in [6, 6.07) is 18.2. The molecule has 1 aliphatic heterocycles. The Bertz CT molecular complexity index is 1320. The average molecular weight is 487 g/mol. The number of carbonyl (C=O) groups is 3. The predicted molar refractivity (Wildman–Crippen MR) is 134 cm³/mol. The lowest BCUT2D eigenvalue weighted by Crippen LogP contribution is -2.28. The van der Waals surface area contributed by atoms with E-state index < -0.39 is 11.8 Å². The van der Waals surface area contributed by atoms with Gasteiger partial charge in [-0.15, -0.1) is 0 Å². The van der Waals surface area contributed by atoms with E-state index in [-0.39, 0.29) is 24.6 Å². The highest BCUT2D eigenvalue weighted by atomic mass is 16.5. The van der Waals surface area contributed by atoms with E-state index >= 15 is 0 Å². The van der Waals surface area contributed by atoms with Gasteiger partial charge in [-0.2, -0.15) is 0 Å². The second-order valence-electron chi connectivity index (χ2n) is 8.20. The maximum atomic E-state index is 13.2. The van der Waals surface area contributed by atoms with Gasteiger partial charge in [0.05, 0.1) is 25.6 Å². The van der Waals surface area contributed by atoms with E-state index in [2.05, 4.69) is 5.32 Å². The number of hydrogen-bond donors (Lipinski definition) is 1. The minimum Gasteiger partial charge on any atom is -0.484 e. The van der Waals surface area contributed by atoms with Gasteiger partial charge in [-0.1, -0.05) is 29.8 Å². The molecule has 0 unspecified atom stereocenters. The fourth-order valence-electron chi connectivity index (χ4n) is 3.80. The minimum absolute atomic E-state index is 0.00448. The molecule has 0 bridgehead atoms. The lowest BCUT2D eigenvalue weighted by Gasteiger charge is -2.21. The number of Topliss-reactive ketones (excluding diaryl/α,β-unsaturated/α-hetero) is 1. The van der Waals surface area contributed by atoms with Crippen molar-refractivity contribution in [3.05, 3.63) is 101 Å². The third kappa shape index (κ3) is 5.38. The molecule has 36 heavy (non-hydrogen) atoms. The van der Waals surface area contributed by atoms with E-state index in [9.17, 15) is 14.4 Å². The fraction of sp³-hybridized carbons (Fsp3) is 0.179. The van der Waals surface area contributed by atoms with Gasteiger partial charge in [0.15, 0.2) is 6.61 Å². The normalized spacial score (nSPS) is 14.4. The Morgan fingerprint density at radius 1 is 1.03 bits per heavy atom. The Morgan fingerprint density at radius 2 is 1.75 bits per heavy atom. The van der Waals surface area contributed by atoms with Gasteiger partial charge in [-0.05, 0) is 61.9 Å². The minimum atomic E-state index is -0.674. The van der Waals surface area contributed by atoms with E-state index in [1.807, 2.05) is 31.2 Å². The fourth-order valence-corrected chi connectivity index (χ4v) is 3.80. The number of ether oxygens (including phenoxy) is 2. The van der Waals surface area contributed by atoms with Crippen molar-refractivity contribution < 1.29 is 28.3 Å². The second kappa shape index (κ2) is 10.8. The molecule has 0 spiro atoms. The van der Waals surface area contributed by atoms with Crippen LogP contribution in [0, 0.1) is 6.92 Å². The Hall–Kier alpha value is -4.59. The number of ketones is 1. The van der Waals surface area contributed by atoms with Crippen LogP contribution in [-0.2, 0) is 25.7 Å². The van der Waals surface area contributed by atoms with Crippen LogP contribution in [0.5, 0.6) is 5.75 Å². The van der Waals surface area contributed by atoms with Crippen molar-refractivity contribution in [2.75, 3.05) is 18.6 Å². The molecule has 3 aromatic rings. The molecular weight excluding hydrogens is 460 g/mol. The molecule has 2 heterocycles. The van der Waals surface area contributed by atoms with E-state index in [0.717, 1.165) is 16.8 Å². The number of hydrogen-bond acceptors (Lipinski definition) is 7. The number of nitrogens with one attached hydrogen (secondary N) is 1. The van der Waals surface area contributed by atoms with Crippen LogP contribution in [-0.4, -0.2) is 31.4 Å². The molecule has 1 amide bonds. The molecule has 0 fully saturated rings. The number of anilines is 1. The van der Waals surface area contributed by atoms with Crippen molar-refractivity contribution in [2.24, 2.45) is 0 Å². The molecule has 1 aliphatic rings. The van der Waals surface area contributed by atoms with Crippen LogP contribution in [0.3, 0.4) is 0 Å². The van der Waals surface area contributed by atoms with Gasteiger partial charge in [0.25, 0.3) is 5.91 Å². The number of allylic oxidation sites excluding steroid dienone is 2. The van der Waals surface area contributed by atoms with Crippen molar-refractivity contribution >= 4 is 29.4 Å². The largest absolute Gasteiger partial charge is 0.484 e. The van der Waals surface area contributed by atoms with Crippen molar-refractivity contribution in [1.29, 1.82) is 0 Å². The first-order chi connectivity index (χ1) is 17.4. The zero-order chi connectivity index (χ0) is 25.7. The quantitative estimate of drug-likeness (QED) is 0.290. The third-order valence-electron chi connectivity index (χ3n) is 5.67. The van der Waals surface area contributed by atoms with Gasteiger partial charge in [-0.25, -0.2) is 4.79 Å². The van der Waals surface area contributed by atoms with Gasteiger partial charge in [0.1, 0.15) is 17.1 Å². The van der Waals surface area contributed by atoms with Crippen molar-refractivity contribution in [3.63, 3.8) is 0 Å². The van der Waals surface area contributed by atoms with Crippen LogP contribution in [0.2, 0.25) is 0 Å². The molecule has 0 atom stereocenters. The lowest BCUT2D eigenvalue weighted by molar-refractivity contribution is -0.137. The molecule has 4 rings (SSSR count). The number of benzene rings is 2. The smallest absolute Gasteiger partial charge is 0.343 e. The Morgan fingerprint density at radius 3 is 2.39 bits per heavy atom. The third-order valence-corrected chi connectivity index (χ3v) is 5.67. The monoisotopic (exact) mass is 486 g/mol. The molecule has 0 aliphatic carbocycles. The average Bonchev–Trinajstić information content (AvgIpc) is 3.49. The van der Waals surface area contributed by atoms with Crippen LogP contribution >= 0.6 is 0 Å². The van der Waals surface area contributed by atoms with Crippen LogP contribution in [0.25, 0.3) is 6.08 Å². The number of furan rings is 1. The predicted octanol–water partition coefficient (Wildman–Crippen LogP) is 4.16. The summed E-state index contributed by atoms with van der Waals surface area (Å²) in [5.74, 6) is -0.203. The Labute approximate surface area is 208 Å². The number of aryl methyl sites for hydroxylation is 1. The maximum Gasteiger partial charge on any atom is 0.343 e. The van der Waals surface area contributed by atoms with E-state index in [0.29, 0.717) is 22.9 Å². The summed E-state index contributed by atoms with van der Waals surface area (Å²) < 4.78 is 15.6. The summed E-state index contributed by atoms with van der Waals surface area (Å²) >= 11 is 0. The van der Waals surface area contributed by atoms with Crippen molar-refractivity contribution in [2.45, 2.75) is 20.4 Å². The number of nitrogens with zero attached hydrogens (tertiary/aromatic N) is 1. The number of esters is 1. The summed E-state index contributed by atoms with van der Waals surface area (Å²) in [5.41, 5.74) is 3.41. The standard InChI is InChI=1S/C28H26N2O6/c1-18-6-10-21(11-7-18)30-19(2)26(28(33)34-3)27(32)24(30)15-20-8-12-22(13-9-20)36-17-25(31)29-16-23-5-4-14-35-23/h4-15H,16-17H2,1-3H3,(H,29,31)/b24-15-. The molecule has 1 aromatic heterocycles. The molecule has 0 saturated heterocycles. The van der Waals surface area contributed by atoms with E-state index in [4.69, 9.17) is 13.9 Å². The lowest BCUT2D eigenvalue weighted by atomic mass is 10.1. The summed E-state index contributed by atoms with van der Waals surface area (Å²) in [6.07, 6.45) is 3.25. The zero-order valence-corrected chi connectivity index (χ0v) is 20.2. The van der Waals surface area contributed by atoms with E-state index in [1.165, 1.54) is 7.11 Å². The molecule has 184 valence electrons. The molecule has 8 nitrogen and oxygen atoms in total. The van der Waals surface area contributed by atoms with Gasteiger partial charge in [0, 0.05) is 11.4 Å². The molecule has 8 heteroatoms. The molecule has 2 aromatic carbocycles. The Kier molecular flexibility index (Phi) is 7.34. The molecule has 1 N–H and O–H groups in total. The number of amides is 1. The van der Waals surface area contributed by atoms with E-state index in [1.54, 1.807) is 60.6 Å². The van der Waals surface area contributed by atoms with Gasteiger partial charge in [0.2, 0.25) is 5.78 Å². The van der Waals surface area contributed by atoms with Crippen molar-refractivity contribution in [3.8, 4) is 5.75 Å². The zero-order valence-electron chi connectivity index (χ0n) is 20.2. The van der Waals surface area contributed by atoms with Gasteiger partial charge >= 0.3 is 5.97 Å². The highest BCUT2D eigenvalue weighted by Gasteiger charge is 2.38. The number of rotatable bonds is 8. The first-order valence-electron chi connectivity index (χ1n) is 11.3. The van der Waals surface area contributed by atoms with Crippen LogP contribution < -0.4 is 15.0 Å². The highest BCUT2D eigenvalue weighted by Crippen LogP contribution is 2.35. The summed E-state index contributed by atoms with van der Waals surface area (Å²) in [4.78, 5) is 39.3. The maximum absolute atomic E-state index is 13.2. The summed E-state index contributed by atoms with van der Waals surface area (Å²) in [6.45, 7) is 3.84.